The standard InChI is InChI=1S/C12H12F3NO2/c1-11(16-18-10(17)12(13,14)15)7-9(11)8-5-3-2-4-6-8/h2-6,9,16H,7H2,1H3/t9-,11-/m0/s1. The third-order valence-corrected chi connectivity index (χ3v) is 3.05. The van der Waals surface area contributed by atoms with Gasteiger partial charge in [-0.25, -0.2) is 4.79 Å². The number of carbonyl (C=O) groups is 1. The minimum atomic E-state index is -4.97. The van der Waals surface area contributed by atoms with E-state index >= 15 is 0 Å². The van der Waals surface area contributed by atoms with Crippen molar-refractivity contribution in [2.45, 2.75) is 31.0 Å². The molecule has 1 saturated carbocycles. The summed E-state index contributed by atoms with van der Waals surface area (Å²) >= 11 is 0. The molecular weight excluding hydrogens is 247 g/mol. The molecule has 3 nitrogen and oxygen atoms in total. The van der Waals surface area contributed by atoms with Crippen molar-refractivity contribution in [3.8, 4) is 0 Å². The average Bonchev–Trinajstić information content (AvgIpc) is 2.99. The largest absolute Gasteiger partial charge is 0.492 e. The van der Waals surface area contributed by atoms with Gasteiger partial charge in [-0.3, -0.25) is 0 Å². The van der Waals surface area contributed by atoms with Crippen LogP contribution in [0.25, 0.3) is 0 Å². The molecule has 0 saturated heterocycles. The molecule has 0 spiro atoms. The van der Waals surface area contributed by atoms with E-state index in [-0.39, 0.29) is 5.92 Å². The Balaban J connectivity index is 1.91. The third kappa shape index (κ3) is 2.64. The highest BCUT2D eigenvalue weighted by Gasteiger charge is 2.53. The summed E-state index contributed by atoms with van der Waals surface area (Å²) in [4.78, 5) is 14.6. The van der Waals surface area contributed by atoms with Crippen LogP contribution in [0.4, 0.5) is 13.2 Å². The highest BCUT2D eigenvalue weighted by atomic mass is 19.4. The van der Waals surface area contributed by atoms with E-state index in [0.29, 0.717) is 6.42 Å². The molecule has 1 fully saturated rings. The van der Waals surface area contributed by atoms with Crippen molar-refractivity contribution in [3.05, 3.63) is 35.9 Å². The van der Waals surface area contributed by atoms with Gasteiger partial charge in [0.05, 0.1) is 5.54 Å². The molecule has 1 aliphatic carbocycles. The first-order valence-corrected chi connectivity index (χ1v) is 5.43. The molecule has 6 heteroatoms. The van der Waals surface area contributed by atoms with Crippen molar-refractivity contribution in [2.24, 2.45) is 0 Å². The number of hydroxylamine groups is 1. The maximum Gasteiger partial charge on any atom is 0.492 e. The van der Waals surface area contributed by atoms with Crippen LogP contribution in [-0.4, -0.2) is 17.7 Å². The van der Waals surface area contributed by atoms with Gasteiger partial charge < -0.3 is 4.84 Å². The smallest absolute Gasteiger partial charge is 0.363 e. The van der Waals surface area contributed by atoms with Crippen LogP contribution >= 0.6 is 0 Å². The lowest BCUT2D eigenvalue weighted by Crippen LogP contribution is -2.37. The molecule has 18 heavy (non-hydrogen) atoms. The average molecular weight is 259 g/mol. The van der Waals surface area contributed by atoms with E-state index in [4.69, 9.17) is 0 Å². The van der Waals surface area contributed by atoms with Gasteiger partial charge in [0.25, 0.3) is 0 Å². The molecule has 0 bridgehead atoms. The molecule has 1 aliphatic rings. The van der Waals surface area contributed by atoms with Gasteiger partial charge in [0.15, 0.2) is 0 Å². The van der Waals surface area contributed by atoms with E-state index in [1.165, 1.54) is 0 Å². The highest BCUT2D eigenvalue weighted by Crippen LogP contribution is 2.51. The van der Waals surface area contributed by atoms with Crippen molar-refractivity contribution >= 4 is 5.97 Å². The van der Waals surface area contributed by atoms with E-state index in [1.54, 1.807) is 6.92 Å². The van der Waals surface area contributed by atoms with Crippen LogP contribution in [0.1, 0.15) is 24.8 Å². The topological polar surface area (TPSA) is 38.3 Å². The van der Waals surface area contributed by atoms with Gasteiger partial charge in [-0.2, -0.15) is 13.2 Å². The van der Waals surface area contributed by atoms with Gasteiger partial charge in [-0.1, -0.05) is 30.3 Å². The number of alkyl halides is 3. The van der Waals surface area contributed by atoms with E-state index in [2.05, 4.69) is 10.3 Å². The maximum absolute atomic E-state index is 12.0. The molecule has 0 unspecified atom stereocenters. The molecule has 1 N–H and O–H groups in total. The number of rotatable bonds is 3. The molecule has 0 aliphatic heterocycles. The van der Waals surface area contributed by atoms with Gasteiger partial charge in [0.1, 0.15) is 0 Å². The lowest BCUT2D eigenvalue weighted by Gasteiger charge is -2.14. The molecule has 1 aromatic rings. The molecule has 0 radical (unpaired) electrons. The van der Waals surface area contributed by atoms with Crippen molar-refractivity contribution in [1.29, 1.82) is 0 Å². The maximum atomic E-state index is 12.0. The van der Waals surface area contributed by atoms with Gasteiger partial charge in [-0.05, 0) is 18.9 Å². The molecule has 0 amide bonds. The van der Waals surface area contributed by atoms with Crippen molar-refractivity contribution in [3.63, 3.8) is 0 Å². The molecule has 0 aromatic heterocycles. The van der Waals surface area contributed by atoms with Crippen molar-refractivity contribution in [1.82, 2.24) is 5.48 Å². The van der Waals surface area contributed by atoms with Crippen LogP contribution in [0.5, 0.6) is 0 Å². The van der Waals surface area contributed by atoms with E-state index in [9.17, 15) is 18.0 Å². The van der Waals surface area contributed by atoms with E-state index in [0.717, 1.165) is 5.56 Å². The fourth-order valence-corrected chi connectivity index (χ4v) is 1.87. The summed E-state index contributed by atoms with van der Waals surface area (Å²) in [5, 5.41) is 0. The Bertz CT molecular complexity index is 446. The fraction of sp³-hybridized carbons (Fsp3) is 0.417. The predicted octanol–water partition coefficient (Wildman–Crippen LogP) is 2.54. The van der Waals surface area contributed by atoms with Crippen LogP contribution in [0.3, 0.4) is 0 Å². The summed E-state index contributed by atoms with van der Waals surface area (Å²) in [6.45, 7) is 1.72. The minimum absolute atomic E-state index is 0.0553. The summed E-state index contributed by atoms with van der Waals surface area (Å²) in [5.74, 6) is -2.16. The SMILES string of the molecule is C[C@]1(NOC(=O)C(F)(F)F)C[C@H]1c1ccccc1. The van der Waals surface area contributed by atoms with Crippen LogP contribution in [0, 0.1) is 0 Å². The second kappa shape index (κ2) is 4.28. The zero-order valence-corrected chi connectivity index (χ0v) is 9.62. The third-order valence-electron chi connectivity index (χ3n) is 3.05. The Hall–Kier alpha value is -1.56. The molecule has 2 atom stereocenters. The lowest BCUT2D eigenvalue weighted by atomic mass is 10.1. The summed E-state index contributed by atoms with van der Waals surface area (Å²) < 4.78 is 35.9. The molecular formula is C12H12F3NO2. The van der Waals surface area contributed by atoms with Crippen LogP contribution in [0.2, 0.25) is 0 Å². The zero-order chi connectivity index (χ0) is 13.4. The molecule has 2 rings (SSSR count). The Labute approximate surface area is 102 Å². The summed E-state index contributed by atoms with van der Waals surface area (Å²) in [6.07, 6.45) is -4.34. The first-order chi connectivity index (χ1) is 8.33. The second-order valence-electron chi connectivity index (χ2n) is 4.57. The number of carbonyl (C=O) groups excluding carboxylic acids is 1. The van der Waals surface area contributed by atoms with E-state index in [1.807, 2.05) is 30.3 Å². The van der Waals surface area contributed by atoms with Crippen LogP contribution in [0.15, 0.2) is 30.3 Å². The van der Waals surface area contributed by atoms with Gasteiger partial charge >= 0.3 is 12.1 Å². The Morgan fingerprint density at radius 3 is 2.56 bits per heavy atom. The molecule has 98 valence electrons. The van der Waals surface area contributed by atoms with Crippen molar-refractivity contribution < 1.29 is 22.8 Å². The highest BCUT2D eigenvalue weighted by molar-refractivity contribution is 5.75. The predicted molar refractivity (Wildman–Crippen MR) is 57.5 cm³/mol. The van der Waals surface area contributed by atoms with Crippen LogP contribution in [-0.2, 0) is 9.63 Å². The lowest BCUT2D eigenvalue weighted by molar-refractivity contribution is -0.209. The second-order valence-corrected chi connectivity index (χ2v) is 4.57. The zero-order valence-electron chi connectivity index (χ0n) is 9.62. The first-order valence-electron chi connectivity index (χ1n) is 5.43. The first kappa shape index (κ1) is 12.9. The minimum Gasteiger partial charge on any atom is -0.363 e. The van der Waals surface area contributed by atoms with Crippen molar-refractivity contribution in [2.75, 3.05) is 0 Å². The molecule has 1 aromatic carbocycles. The number of hydrogen-bond acceptors (Lipinski definition) is 3. The number of hydrogen-bond donors (Lipinski definition) is 1. The summed E-state index contributed by atoms with van der Waals surface area (Å²) in [7, 11) is 0. The normalized spacial score (nSPS) is 26.8. The summed E-state index contributed by atoms with van der Waals surface area (Å²) in [6, 6.07) is 9.36. The van der Waals surface area contributed by atoms with Gasteiger partial charge in [0.2, 0.25) is 0 Å². The van der Waals surface area contributed by atoms with Crippen LogP contribution < -0.4 is 5.48 Å². The number of nitrogens with one attached hydrogen (secondary N) is 1. The Morgan fingerprint density at radius 1 is 1.39 bits per heavy atom. The van der Waals surface area contributed by atoms with Gasteiger partial charge in [0, 0.05) is 5.92 Å². The van der Waals surface area contributed by atoms with Gasteiger partial charge in [-0.15, -0.1) is 5.48 Å². The number of halogens is 3. The Kier molecular flexibility index (Phi) is 3.06. The Morgan fingerprint density at radius 2 is 2.00 bits per heavy atom. The summed E-state index contributed by atoms with van der Waals surface area (Å²) in [5.41, 5.74) is 2.61. The molecule has 0 heterocycles. The number of benzene rings is 1. The van der Waals surface area contributed by atoms with E-state index < -0.39 is 17.7 Å². The quantitative estimate of drug-likeness (QED) is 0.848. The monoisotopic (exact) mass is 259 g/mol. The fourth-order valence-electron chi connectivity index (χ4n) is 1.87.